The summed E-state index contributed by atoms with van der Waals surface area (Å²) in [6.45, 7) is 2.81. The first-order chi connectivity index (χ1) is 13.4. The van der Waals surface area contributed by atoms with Crippen LogP contribution in [0.2, 0.25) is 0 Å². The van der Waals surface area contributed by atoms with Crippen LogP contribution in [0, 0.1) is 11.3 Å². The molecule has 0 unspecified atom stereocenters. The number of sulfone groups is 1. The monoisotopic (exact) mass is 399 g/mol. The molecule has 146 valence electrons. The lowest BCUT2D eigenvalue weighted by molar-refractivity contribution is 0.415. The summed E-state index contributed by atoms with van der Waals surface area (Å²) in [5.41, 5.74) is 2.46. The molecular weight excluding hydrogens is 378 g/mol. The van der Waals surface area contributed by atoms with Gasteiger partial charge in [-0.2, -0.15) is 5.26 Å². The fraction of sp³-hybridized carbons (Fsp3) is 0.263. The van der Waals surface area contributed by atoms with Crippen LogP contribution in [-0.2, 0) is 9.84 Å². The zero-order chi connectivity index (χ0) is 20.3. The number of nitriles is 1. The predicted octanol–water partition coefficient (Wildman–Crippen LogP) is 3.41. The van der Waals surface area contributed by atoms with Gasteiger partial charge >= 0.3 is 0 Å². The summed E-state index contributed by atoms with van der Waals surface area (Å²) in [6, 6.07) is 8.60. The van der Waals surface area contributed by atoms with Crippen LogP contribution in [0.25, 0.3) is 11.0 Å². The normalized spacial score (nSPS) is 11.2. The average Bonchev–Trinajstić information content (AvgIpc) is 3.08. The number of pyridine rings is 1. The van der Waals surface area contributed by atoms with Gasteiger partial charge in [-0.1, -0.05) is 6.92 Å². The highest BCUT2D eigenvalue weighted by Crippen LogP contribution is 2.33. The Labute approximate surface area is 163 Å². The van der Waals surface area contributed by atoms with Gasteiger partial charge < -0.3 is 20.4 Å². The zero-order valence-electron chi connectivity index (χ0n) is 15.8. The van der Waals surface area contributed by atoms with Crippen molar-refractivity contribution in [1.29, 1.82) is 5.26 Å². The Morgan fingerprint density at radius 1 is 1.29 bits per heavy atom. The molecule has 0 amide bonds. The molecule has 0 radical (unpaired) electrons. The third-order valence-corrected chi connectivity index (χ3v) is 5.30. The number of anilines is 3. The molecule has 0 fully saturated rings. The van der Waals surface area contributed by atoms with Gasteiger partial charge in [0.2, 0.25) is 0 Å². The summed E-state index contributed by atoms with van der Waals surface area (Å²) in [5, 5.41) is 16.6. The lowest BCUT2D eigenvalue weighted by atomic mass is 10.2. The minimum atomic E-state index is -3.34. The Bertz CT molecular complexity index is 1160. The van der Waals surface area contributed by atoms with Crippen molar-refractivity contribution in [3.8, 4) is 11.8 Å². The van der Waals surface area contributed by atoms with Gasteiger partial charge in [-0.15, -0.1) is 0 Å². The second-order valence-electron chi connectivity index (χ2n) is 6.28. The molecular formula is C19H21N5O3S. The van der Waals surface area contributed by atoms with Crippen molar-refractivity contribution in [2.24, 2.45) is 0 Å². The van der Waals surface area contributed by atoms with Crippen molar-refractivity contribution in [1.82, 2.24) is 9.97 Å². The van der Waals surface area contributed by atoms with E-state index >= 15 is 0 Å². The predicted molar refractivity (Wildman–Crippen MR) is 109 cm³/mol. The van der Waals surface area contributed by atoms with E-state index in [9.17, 15) is 13.7 Å². The molecule has 8 nitrogen and oxygen atoms in total. The molecule has 1 aromatic carbocycles. The summed E-state index contributed by atoms with van der Waals surface area (Å²) in [4.78, 5) is 7.71. The summed E-state index contributed by atoms with van der Waals surface area (Å²) in [7, 11) is -1.87. The van der Waals surface area contributed by atoms with E-state index in [1.54, 1.807) is 12.3 Å². The van der Waals surface area contributed by atoms with Crippen LogP contribution in [-0.4, -0.2) is 38.3 Å². The first-order valence-corrected chi connectivity index (χ1v) is 10.6. The van der Waals surface area contributed by atoms with Gasteiger partial charge in [-0.05, 0) is 18.6 Å². The van der Waals surface area contributed by atoms with Crippen LogP contribution in [0.15, 0.2) is 35.4 Å². The van der Waals surface area contributed by atoms with Gasteiger partial charge in [0.1, 0.15) is 23.3 Å². The fourth-order valence-corrected chi connectivity index (χ4v) is 3.47. The molecule has 3 rings (SSSR count). The topological polar surface area (TPSA) is 120 Å². The number of H-pyrrole nitrogens is 1. The Kier molecular flexibility index (Phi) is 5.42. The maximum absolute atomic E-state index is 11.8. The standard InChI is InChI=1S/C19H21N5O3S/c1-4-7-21-15-9-17(24-19-18(15)12(10-20)11-22-19)23-14-6-5-13(28(3,25)26)8-16(14)27-2/h5-6,8-9,11H,4,7H2,1-3H3,(H3,21,22,23,24). The van der Waals surface area contributed by atoms with Crippen LogP contribution < -0.4 is 15.4 Å². The van der Waals surface area contributed by atoms with Gasteiger partial charge in [-0.3, -0.25) is 0 Å². The largest absolute Gasteiger partial charge is 0.495 e. The van der Waals surface area contributed by atoms with Gasteiger partial charge in [0, 0.05) is 31.1 Å². The number of fused-ring (bicyclic) bond motifs is 1. The lowest BCUT2D eigenvalue weighted by Gasteiger charge is -2.14. The second kappa shape index (κ2) is 7.78. The first kappa shape index (κ1) is 19.5. The maximum atomic E-state index is 11.8. The van der Waals surface area contributed by atoms with E-state index in [0.717, 1.165) is 30.3 Å². The Morgan fingerprint density at radius 3 is 2.71 bits per heavy atom. The molecule has 3 aromatic rings. The highest BCUT2D eigenvalue weighted by Gasteiger charge is 2.15. The molecule has 0 spiro atoms. The minimum Gasteiger partial charge on any atom is -0.495 e. The smallest absolute Gasteiger partial charge is 0.175 e. The van der Waals surface area contributed by atoms with E-state index in [4.69, 9.17) is 4.74 Å². The zero-order valence-corrected chi connectivity index (χ0v) is 16.6. The number of aromatic nitrogens is 2. The van der Waals surface area contributed by atoms with Crippen molar-refractivity contribution in [2.75, 3.05) is 30.5 Å². The van der Waals surface area contributed by atoms with Crippen molar-refractivity contribution in [2.45, 2.75) is 18.2 Å². The van der Waals surface area contributed by atoms with Gasteiger partial charge in [0.15, 0.2) is 9.84 Å². The van der Waals surface area contributed by atoms with E-state index < -0.39 is 9.84 Å². The van der Waals surface area contributed by atoms with Crippen LogP contribution in [0.3, 0.4) is 0 Å². The minimum absolute atomic E-state index is 0.173. The molecule has 0 aliphatic rings. The fourth-order valence-electron chi connectivity index (χ4n) is 2.83. The lowest BCUT2D eigenvalue weighted by Crippen LogP contribution is -2.04. The van der Waals surface area contributed by atoms with Crippen LogP contribution in [0.5, 0.6) is 5.75 Å². The number of rotatable bonds is 7. The number of nitrogens with one attached hydrogen (secondary N) is 3. The van der Waals surface area contributed by atoms with Crippen LogP contribution in [0.4, 0.5) is 17.2 Å². The molecule has 28 heavy (non-hydrogen) atoms. The number of benzene rings is 1. The highest BCUT2D eigenvalue weighted by atomic mass is 32.2. The molecule has 0 bridgehead atoms. The Hall–Kier alpha value is -3.25. The number of hydrogen-bond donors (Lipinski definition) is 3. The Morgan fingerprint density at radius 2 is 2.07 bits per heavy atom. The van der Waals surface area contributed by atoms with Gasteiger partial charge in [-0.25, -0.2) is 13.4 Å². The van der Waals surface area contributed by atoms with Crippen molar-refractivity contribution < 1.29 is 13.2 Å². The highest BCUT2D eigenvalue weighted by molar-refractivity contribution is 7.90. The molecule has 9 heteroatoms. The first-order valence-electron chi connectivity index (χ1n) is 8.68. The Balaban J connectivity index is 2.04. The maximum Gasteiger partial charge on any atom is 0.175 e. The molecule has 3 N–H and O–H groups in total. The third kappa shape index (κ3) is 3.87. The van der Waals surface area contributed by atoms with Crippen molar-refractivity contribution in [3.63, 3.8) is 0 Å². The van der Waals surface area contributed by atoms with Crippen LogP contribution >= 0.6 is 0 Å². The summed E-state index contributed by atoms with van der Waals surface area (Å²) in [5.74, 6) is 0.917. The number of nitrogens with zero attached hydrogens (tertiary/aromatic N) is 2. The molecule has 0 saturated heterocycles. The summed E-state index contributed by atoms with van der Waals surface area (Å²) >= 11 is 0. The summed E-state index contributed by atoms with van der Waals surface area (Å²) < 4.78 is 28.9. The van der Waals surface area contributed by atoms with Crippen molar-refractivity contribution in [3.05, 3.63) is 36.0 Å². The number of methoxy groups -OCH3 is 1. The quantitative estimate of drug-likeness (QED) is 0.557. The summed E-state index contributed by atoms with van der Waals surface area (Å²) in [6.07, 6.45) is 3.70. The third-order valence-electron chi connectivity index (χ3n) is 4.19. The molecule has 0 aliphatic carbocycles. The van der Waals surface area contributed by atoms with E-state index in [1.165, 1.54) is 19.2 Å². The van der Waals surface area contributed by atoms with E-state index in [2.05, 4.69) is 33.6 Å². The number of hydrogen-bond acceptors (Lipinski definition) is 7. The number of aromatic amines is 1. The van der Waals surface area contributed by atoms with E-state index in [0.29, 0.717) is 28.5 Å². The van der Waals surface area contributed by atoms with Gasteiger partial charge in [0.25, 0.3) is 0 Å². The van der Waals surface area contributed by atoms with Crippen molar-refractivity contribution >= 4 is 38.1 Å². The molecule has 0 aliphatic heterocycles. The average molecular weight is 399 g/mol. The second-order valence-corrected chi connectivity index (χ2v) is 8.29. The number of ether oxygens (including phenoxy) is 1. The van der Waals surface area contributed by atoms with Gasteiger partial charge in [0.05, 0.1) is 34.3 Å². The molecule has 2 heterocycles. The van der Waals surface area contributed by atoms with Crippen LogP contribution in [0.1, 0.15) is 18.9 Å². The van der Waals surface area contributed by atoms with E-state index in [-0.39, 0.29) is 4.90 Å². The SMILES string of the molecule is CCCNc1cc(Nc2ccc(S(C)(=O)=O)cc2OC)nc2[nH]cc(C#N)c12. The van der Waals surface area contributed by atoms with E-state index in [1.807, 2.05) is 6.07 Å². The molecule has 0 saturated carbocycles. The molecule has 0 atom stereocenters. The molecule has 2 aromatic heterocycles.